The topological polar surface area (TPSA) is 82.0 Å². The number of aromatic nitrogens is 1. The third-order valence-electron chi connectivity index (χ3n) is 6.13. The maximum atomic E-state index is 12.5. The minimum Gasteiger partial charge on any atom is -0.497 e. The van der Waals surface area contributed by atoms with Crippen LogP contribution in [0.3, 0.4) is 0 Å². The van der Waals surface area contributed by atoms with E-state index in [1.165, 1.54) is 0 Å². The van der Waals surface area contributed by atoms with Crippen molar-refractivity contribution in [2.24, 2.45) is 0 Å². The van der Waals surface area contributed by atoms with Crippen LogP contribution in [0.4, 0.5) is 0 Å². The lowest BCUT2D eigenvalue weighted by atomic mass is 10.1. The van der Waals surface area contributed by atoms with E-state index in [1.807, 2.05) is 72.2 Å². The second-order valence-corrected chi connectivity index (χ2v) is 8.37. The molecule has 0 saturated carbocycles. The number of carbonyl (C=O) groups is 1. The highest BCUT2D eigenvalue weighted by Gasteiger charge is 2.22. The van der Waals surface area contributed by atoms with Gasteiger partial charge in [0.1, 0.15) is 22.9 Å². The van der Waals surface area contributed by atoms with Crippen molar-refractivity contribution in [3.63, 3.8) is 0 Å². The van der Waals surface area contributed by atoms with E-state index in [2.05, 4.69) is 5.32 Å². The maximum absolute atomic E-state index is 12.5. The fraction of sp³-hybridized carbons (Fsp3) is 0.250. The van der Waals surface area contributed by atoms with Gasteiger partial charge in [0.05, 0.1) is 21.3 Å². The third-order valence-corrected chi connectivity index (χ3v) is 6.13. The first kappa shape index (κ1) is 24.2. The van der Waals surface area contributed by atoms with E-state index >= 15 is 0 Å². The van der Waals surface area contributed by atoms with Crippen LogP contribution in [-0.4, -0.2) is 37.0 Å². The average molecular weight is 475 g/mol. The number of methoxy groups -OCH3 is 3. The van der Waals surface area contributed by atoms with Gasteiger partial charge in [0.25, 0.3) is 0 Å². The molecule has 0 atom stereocenters. The number of hydrogen-bond acceptors (Lipinski definition) is 5. The molecule has 7 nitrogen and oxygen atoms in total. The van der Waals surface area contributed by atoms with E-state index in [1.54, 1.807) is 21.3 Å². The molecule has 0 amide bonds. The van der Waals surface area contributed by atoms with Crippen LogP contribution in [0.1, 0.15) is 32.7 Å². The van der Waals surface area contributed by atoms with Crippen LogP contribution in [0.25, 0.3) is 10.9 Å². The molecule has 1 aromatic heterocycles. The molecule has 0 aliphatic carbocycles. The molecule has 0 bridgehead atoms. The molecular weight excluding hydrogens is 444 g/mol. The Hall–Kier alpha value is -3.97. The van der Waals surface area contributed by atoms with Crippen molar-refractivity contribution >= 4 is 16.9 Å². The number of benzene rings is 3. The fourth-order valence-electron chi connectivity index (χ4n) is 4.37. The van der Waals surface area contributed by atoms with Gasteiger partial charge in [-0.25, -0.2) is 4.79 Å². The van der Waals surface area contributed by atoms with E-state index in [9.17, 15) is 9.90 Å². The van der Waals surface area contributed by atoms with Crippen molar-refractivity contribution in [3.8, 4) is 17.2 Å². The van der Waals surface area contributed by atoms with Crippen molar-refractivity contribution in [1.29, 1.82) is 0 Å². The quantitative estimate of drug-likeness (QED) is 0.336. The molecule has 0 spiro atoms. The highest BCUT2D eigenvalue weighted by molar-refractivity contribution is 5.98. The summed E-state index contributed by atoms with van der Waals surface area (Å²) in [6.07, 6.45) is 0. The molecule has 4 rings (SSSR count). The van der Waals surface area contributed by atoms with E-state index in [4.69, 9.17) is 14.2 Å². The second kappa shape index (κ2) is 10.5. The fourth-order valence-corrected chi connectivity index (χ4v) is 4.37. The number of ether oxygens (including phenoxy) is 3. The summed E-state index contributed by atoms with van der Waals surface area (Å²) in [5.74, 6) is 1.29. The lowest BCUT2D eigenvalue weighted by Crippen LogP contribution is -2.17. The molecule has 0 fully saturated rings. The van der Waals surface area contributed by atoms with Crippen LogP contribution in [0, 0.1) is 6.92 Å². The van der Waals surface area contributed by atoms with E-state index < -0.39 is 5.97 Å². The Bertz CT molecular complexity index is 1340. The number of aryl methyl sites for hydroxylation is 1. The molecule has 0 saturated heterocycles. The summed E-state index contributed by atoms with van der Waals surface area (Å²) in [6.45, 7) is 3.33. The van der Waals surface area contributed by atoms with Crippen molar-refractivity contribution in [2.75, 3.05) is 21.3 Å². The first-order valence-corrected chi connectivity index (χ1v) is 11.3. The molecule has 0 aliphatic heterocycles. The Labute approximate surface area is 204 Å². The van der Waals surface area contributed by atoms with Gasteiger partial charge in [-0.3, -0.25) is 0 Å². The molecule has 1 heterocycles. The highest BCUT2D eigenvalue weighted by atomic mass is 16.5. The summed E-state index contributed by atoms with van der Waals surface area (Å²) in [4.78, 5) is 12.5. The van der Waals surface area contributed by atoms with Crippen LogP contribution >= 0.6 is 0 Å². The molecule has 0 unspecified atom stereocenters. The predicted molar refractivity (Wildman–Crippen MR) is 136 cm³/mol. The van der Waals surface area contributed by atoms with Crippen LogP contribution < -0.4 is 19.5 Å². The third kappa shape index (κ3) is 5.10. The number of fused-ring (bicyclic) bond motifs is 1. The minimum absolute atomic E-state index is 0.284. The summed E-state index contributed by atoms with van der Waals surface area (Å²) >= 11 is 0. The van der Waals surface area contributed by atoms with Crippen LogP contribution in [0.2, 0.25) is 0 Å². The van der Waals surface area contributed by atoms with Gasteiger partial charge < -0.3 is 29.2 Å². The van der Waals surface area contributed by atoms with Gasteiger partial charge in [0.15, 0.2) is 0 Å². The lowest BCUT2D eigenvalue weighted by molar-refractivity contribution is 0.0684. The molecule has 7 heteroatoms. The summed E-state index contributed by atoms with van der Waals surface area (Å²) < 4.78 is 18.0. The highest BCUT2D eigenvalue weighted by Crippen LogP contribution is 2.30. The van der Waals surface area contributed by atoms with Crippen LogP contribution in [0.5, 0.6) is 17.2 Å². The number of nitrogens with one attached hydrogen (secondary N) is 1. The van der Waals surface area contributed by atoms with Gasteiger partial charge >= 0.3 is 5.97 Å². The zero-order chi connectivity index (χ0) is 24.9. The zero-order valence-corrected chi connectivity index (χ0v) is 20.4. The SMILES string of the molecule is COc1ccc(Cn2c(C(=O)O)c(CNCc3cc(OC)ccc3OC)c3ccc(C)cc32)cc1. The molecule has 35 heavy (non-hydrogen) atoms. The normalized spacial score (nSPS) is 11.0. The molecule has 0 radical (unpaired) electrons. The first-order chi connectivity index (χ1) is 16.9. The molecular formula is C28H30N2O5. The van der Waals surface area contributed by atoms with E-state index in [-0.39, 0.29) is 5.69 Å². The van der Waals surface area contributed by atoms with Crippen LogP contribution in [0.15, 0.2) is 60.7 Å². The molecule has 0 aliphatic rings. The van der Waals surface area contributed by atoms with E-state index in [0.717, 1.165) is 50.4 Å². The summed E-state index contributed by atoms with van der Waals surface area (Å²) in [5.41, 5.74) is 4.93. The molecule has 2 N–H and O–H groups in total. The number of rotatable bonds is 10. The zero-order valence-electron chi connectivity index (χ0n) is 20.4. The number of carboxylic acid groups (broad SMARTS) is 1. The summed E-state index contributed by atoms with van der Waals surface area (Å²) in [6, 6.07) is 19.4. The monoisotopic (exact) mass is 474 g/mol. The summed E-state index contributed by atoms with van der Waals surface area (Å²) in [7, 11) is 4.88. The Kier molecular flexibility index (Phi) is 7.27. The average Bonchev–Trinajstić information content (AvgIpc) is 3.16. The number of carboxylic acids is 1. The Morgan fingerprint density at radius 1 is 0.886 bits per heavy atom. The standard InChI is InChI=1S/C28H30N2O5/c1-18-5-11-23-24(16-29-15-20-14-22(34-3)10-12-26(20)35-4)27(28(31)32)30(25(23)13-18)17-19-6-8-21(33-2)9-7-19/h5-14,29H,15-17H2,1-4H3,(H,31,32). The van der Waals surface area contributed by atoms with Gasteiger partial charge in [-0.1, -0.05) is 24.3 Å². The molecule has 3 aromatic carbocycles. The largest absolute Gasteiger partial charge is 0.497 e. The number of aromatic carboxylic acids is 1. The second-order valence-electron chi connectivity index (χ2n) is 8.37. The Morgan fingerprint density at radius 2 is 1.60 bits per heavy atom. The van der Waals surface area contributed by atoms with Crippen LogP contribution in [-0.2, 0) is 19.6 Å². The first-order valence-electron chi connectivity index (χ1n) is 11.3. The number of hydrogen-bond donors (Lipinski definition) is 2. The van der Waals surface area contributed by atoms with Gasteiger partial charge in [0.2, 0.25) is 0 Å². The van der Waals surface area contributed by atoms with Gasteiger partial charge in [-0.15, -0.1) is 0 Å². The maximum Gasteiger partial charge on any atom is 0.352 e. The lowest BCUT2D eigenvalue weighted by Gasteiger charge is -2.12. The molecule has 182 valence electrons. The Morgan fingerprint density at radius 3 is 2.26 bits per heavy atom. The van der Waals surface area contributed by atoms with Crippen molar-refractivity contribution in [2.45, 2.75) is 26.6 Å². The van der Waals surface area contributed by atoms with Gasteiger partial charge in [-0.2, -0.15) is 0 Å². The minimum atomic E-state index is -0.955. The van der Waals surface area contributed by atoms with Crippen molar-refractivity contribution in [1.82, 2.24) is 9.88 Å². The van der Waals surface area contributed by atoms with Gasteiger partial charge in [-0.05, 0) is 54.4 Å². The Balaban J connectivity index is 1.69. The molecule has 4 aromatic rings. The van der Waals surface area contributed by atoms with E-state index in [0.29, 0.717) is 19.6 Å². The van der Waals surface area contributed by atoms with Crippen molar-refractivity contribution in [3.05, 3.63) is 88.6 Å². The predicted octanol–water partition coefficient (Wildman–Crippen LogP) is 5.01. The number of nitrogens with zero attached hydrogens (tertiary/aromatic N) is 1. The summed E-state index contributed by atoms with van der Waals surface area (Å²) in [5, 5.41) is 14.6. The van der Waals surface area contributed by atoms with Gasteiger partial charge in [0, 0.05) is 41.7 Å². The van der Waals surface area contributed by atoms with Crippen molar-refractivity contribution < 1.29 is 24.1 Å². The smallest absolute Gasteiger partial charge is 0.352 e.